The van der Waals surface area contributed by atoms with Crippen molar-refractivity contribution >= 4 is 104 Å². The van der Waals surface area contributed by atoms with Crippen LogP contribution in [0.25, 0.3) is 11.1 Å². The molecular weight excluding hydrogens is 1000 g/mol. The highest BCUT2D eigenvalue weighted by Gasteiger charge is 2.65. The third kappa shape index (κ3) is 7.43. The van der Waals surface area contributed by atoms with Crippen molar-refractivity contribution in [3.05, 3.63) is 339 Å². The molecule has 0 amide bonds. The predicted octanol–water partition coefficient (Wildman–Crippen LogP) is 7.76. The van der Waals surface area contributed by atoms with Crippen LogP contribution in [0.5, 0.6) is 0 Å². The number of hydrogen-bond acceptors (Lipinski definition) is 0. The monoisotopic (exact) mass is 1060 g/mol. The minimum Gasteiger partial charge on any atom is -0.0624 e. The maximum atomic E-state index is 2.76. The van der Waals surface area contributed by atoms with Gasteiger partial charge in [-0.1, -0.05) is 359 Å². The second-order valence-electron chi connectivity index (χ2n) is 21.1. The zero-order valence-corrected chi connectivity index (χ0v) is 48.2. The van der Waals surface area contributed by atoms with Gasteiger partial charge in [-0.05, 0) is 76.8 Å². The molecule has 0 N–H and O–H groups in total. The molecule has 372 valence electrons. The van der Waals surface area contributed by atoms with Crippen LogP contribution >= 0.6 is 0 Å². The van der Waals surface area contributed by atoms with Gasteiger partial charge < -0.3 is 0 Å². The smallest absolute Gasteiger partial charge is 0.0624 e. The standard InChI is InChI=1S/C74H60Si4/c1-57-53-73-69(55-71(57)75(59-33-13-3-14-34-59,60-35-15-4-16-36-60)61-37-17-5-18-38-61)70-56-72(76(62-39-19-6-20-40-62,63-41-21-7-22-42-63)64-43-23-8-24-44-64)58(2)54-74(70)78(67-49-29-11-30-50-67,68-51-31-12-32-52-68)77(73,65-45-25-9-26-46-65)66-47-27-10-28-48-66/h3-56H,1-2H3. The average Bonchev–Trinajstić information content (AvgIpc) is 2.38. The van der Waals surface area contributed by atoms with E-state index in [9.17, 15) is 0 Å². The minimum atomic E-state index is -3.33. The summed E-state index contributed by atoms with van der Waals surface area (Å²) < 4.78 is 0. The van der Waals surface area contributed by atoms with Gasteiger partial charge in [0.05, 0.1) is 0 Å². The Balaban J connectivity index is 1.30. The van der Waals surface area contributed by atoms with Crippen molar-refractivity contribution in [2.75, 3.05) is 0 Å². The second kappa shape index (κ2) is 20.5. The van der Waals surface area contributed by atoms with Crippen molar-refractivity contribution in [1.29, 1.82) is 0 Å². The summed E-state index contributed by atoms with van der Waals surface area (Å²) in [5.41, 5.74) is 5.39. The molecule has 0 bridgehead atoms. The highest BCUT2D eigenvalue weighted by atomic mass is 29.3. The maximum Gasteiger partial charge on any atom is 0.179 e. The van der Waals surface area contributed by atoms with Crippen LogP contribution in [0.15, 0.2) is 328 Å². The minimum absolute atomic E-state index is 1.34. The van der Waals surface area contributed by atoms with Gasteiger partial charge in [0.1, 0.15) is 0 Å². The molecule has 1 aliphatic heterocycles. The first-order valence-corrected chi connectivity index (χ1v) is 36.4. The van der Waals surface area contributed by atoms with Crippen LogP contribution < -0.4 is 72.6 Å². The lowest BCUT2D eigenvalue weighted by Gasteiger charge is -2.55. The van der Waals surface area contributed by atoms with Gasteiger partial charge in [0, 0.05) is 0 Å². The van der Waals surface area contributed by atoms with Crippen molar-refractivity contribution in [1.82, 2.24) is 0 Å². The fourth-order valence-electron chi connectivity index (χ4n) is 14.3. The molecule has 0 aromatic heterocycles. The Morgan fingerprint density at radius 3 is 0.590 bits per heavy atom. The summed E-state index contributed by atoms with van der Waals surface area (Å²) in [5.74, 6) is 0. The van der Waals surface area contributed by atoms with E-state index < -0.39 is 31.3 Å². The van der Waals surface area contributed by atoms with Crippen LogP contribution in [0.3, 0.4) is 0 Å². The SMILES string of the molecule is Cc1cc2c(cc1[Si](c1ccccc1)(c1ccccc1)c1ccccc1)-c1cc([Si](c3ccccc3)(c3ccccc3)c3ccccc3)c(C)cc1[Si](c1ccccc1)(c1ccccc1)[Si]2(c1ccccc1)c1ccccc1. The van der Waals surface area contributed by atoms with E-state index in [1.807, 2.05) is 0 Å². The first kappa shape index (κ1) is 49.1. The average molecular weight is 1060 g/mol. The molecule has 78 heavy (non-hydrogen) atoms. The number of rotatable bonds is 12. The lowest BCUT2D eigenvalue weighted by molar-refractivity contribution is 1.49. The summed E-state index contributed by atoms with van der Waals surface area (Å²) >= 11 is 0. The van der Waals surface area contributed by atoms with Gasteiger partial charge >= 0.3 is 0 Å². The van der Waals surface area contributed by atoms with Crippen LogP contribution in [-0.4, -0.2) is 31.3 Å². The van der Waals surface area contributed by atoms with Gasteiger partial charge in [0.15, 0.2) is 31.3 Å². The van der Waals surface area contributed by atoms with E-state index in [2.05, 4.69) is 341 Å². The predicted molar refractivity (Wildman–Crippen MR) is 344 cm³/mol. The van der Waals surface area contributed by atoms with Gasteiger partial charge in [0.25, 0.3) is 0 Å². The van der Waals surface area contributed by atoms with E-state index in [4.69, 9.17) is 0 Å². The molecule has 0 saturated heterocycles. The molecule has 0 nitrogen and oxygen atoms in total. The molecule has 12 aromatic rings. The topological polar surface area (TPSA) is 0 Å². The van der Waals surface area contributed by atoms with Crippen molar-refractivity contribution in [3.63, 3.8) is 0 Å². The lowest BCUT2D eigenvalue weighted by Crippen LogP contribution is -2.95. The molecule has 13 rings (SSSR count). The van der Waals surface area contributed by atoms with E-state index in [1.54, 1.807) is 0 Å². The van der Waals surface area contributed by atoms with Gasteiger partial charge in [-0.3, -0.25) is 0 Å². The molecule has 0 saturated carbocycles. The lowest BCUT2D eigenvalue weighted by atomic mass is 10.0. The Bertz CT molecular complexity index is 3450. The third-order valence-electron chi connectivity index (χ3n) is 17.3. The largest absolute Gasteiger partial charge is 0.179 e. The molecule has 0 spiro atoms. The molecule has 0 unspecified atom stereocenters. The quantitative estimate of drug-likeness (QED) is 0.0869. The van der Waals surface area contributed by atoms with Crippen molar-refractivity contribution in [2.24, 2.45) is 0 Å². The number of benzene rings is 12. The van der Waals surface area contributed by atoms with E-state index in [0.717, 1.165) is 0 Å². The second-order valence-corrected chi connectivity index (χ2v) is 39.5. The van der Waals surface area contributed by atoms with Crippen LogP contribution in [0.1, 0.15) is 11.1 Å². The first-order valence-electron chi connectivity index (χ1n) is 27.4. The highest BCUT2D eigenvalue weighted by Crippen LogP contribution is 2.35. The maximum absolute atomic E-state index is 3.33. The summed E-state index contributed by atoms with van der Waals surface area (Å²) in [4.78, 5) is 0. The van der Waals surface area contributed by atoms with Gasteiger partial charge in [-0.25, -0.2) is 0 Å². The van der Waals surface area contributed by atoms with Crippen molar-refractivity contribution in [2.45, 2.75) is 13.8 Å². The molecule has 4 heteroatoms. The van der Waals surface area contributed by atoms with Crippen LogP contribution in [0.4, 0.5) is 0 Å². The zero-order chi connectivity index (χ0) is 52.6. The number of hydrogen-bond donors (Lipinski definition) is 0. The van der Waals surface area contributed by atoms with Gasteiger partial charge in [0.2, 0.25) is 0 Å². The Kier molecular flexibility index (Phi) is 12.9. The van der Waals surface area contributed by atoms with Crippen LogP contribution in [0, 0.1) is 13.8 Å². The van der Waals surface area contributed by atoms with E-state index in [1.165, 1.54) is 94.9 Å². The molecule has 0 atom stereocenters. The molecule has 0 fully saturated rings. The zero-order valence-electron chi connectivity index (χ0n) is 44.2. The summed E-state index contributed by atoms with van der Waals surface area (Å²) in [5, 5.41) is 19.9. The third-order valence-corrected chi connectivity index (χ3v) is 44.0. The molecule has 1 heterocycles. The van der Waals surface area contributed by atoms with Crippen LogP contribution in [0.2, 0.25) is 0 Å². The fourth-order valence-corrected chi connectivity index (χ4v) is 44.6. The van der Waals surface area contributed by atoms with Gasteiger partial charge in [-0.2, -0.15) is 0 Å². The molecule has 0 radical (unpaired) electrons. The Hall–Kier alpha value is -8.49. The van der Waals surface area contributed by atoms with Crippen molar-refractivity contribution < 1.29 is 0 Å². The summed E-state index contributed by atoms with van der Waals surface area (Å²) in [6.07, 6.45) is 0. The molecule has 1 aliphatic rings. The van der Waals surface area contributed by atoms with Crippen molar-refractivity contribution in [3.8, 4) is 11.1 Å². The van der Waals surface area contributed by atoms with E-state index >= 15 is 0 Å². The molecular formula is C74H60Si4. The summed E-state index contributed by atoms with van der Waals surface area (Å²) in [7, 11) is -12.8. The number of fused-ring (bicyclic) bond motifs is 3. The normalized spacial score (nSPS) is 13.5. The molecule has 0 aliphatic carbocycles. The summed E-state index contributed by atoms with van der Waals surface area (Å²) in [6, 6.07) is 127. The molecule has 12 aromatic carbocycles. The Morgan fingerprint density at radius 2 is 0.397 bits per heavy atom. The van der Waals surface area contributed by atoms with E-state index in [-0.39, 0.29) is 0 Å². The highest BCUT2D eigenvalue weighted by molar-refractivity contribution is 7.68. The number of aryl methyl sites for hydroxylation is 2. The Labute approximate surface area is 464 Å². The first-order chi connectivity index (χ1) is 38.5. The summed E-state index contributed by atoms with van der Waals surface area (Å²) in [6.45, 7) is 4.90. The van der Waals surface area contributed by atoms with Gasteiger partial charge in [-0.15, -0.1) is 0 Å². The Morgan fingerprint density at radius 1 is 0.218 bits per heavy atom. The van der Waals surface area contributed by atoms with E-state index in [0.29, 0.717) is 0 Å². The fraction of sp³-hybridized carbons (Fsp3) is 0.0270. The van der Waals surface area contributed by atoms with Crippen LogP contribution in [-0.2, 0) is 0 Å².